The highest BCUT2D eigenvalue weighted by atomic mass is 19.4. The molecule has 4 aromatic rings. The molecule has 0 saturated heterocycles. The molecule has 6 nitrogen and oxygen atoms in total. The average molecular weight is 464 g/mol. The van der Waals surface area contributed by atoms with Crippen LogP contribution in [0.3, 0.4) is 0 Å². The molecule has 0 radical (unpaired) electrons. The van der Waals surface area contributed by atoms with E-state index in [9.17, 15) is 18.0 Å². The number of ether oxygens (including phenoxy) is 1. The van der Waals surface area contributed by atoms with E-state index in [1.807, 2.05) is 0 Å². The Hall–Kier alpha value is -4.27. The summed E-state index contributed by atoms with van der Waals surface area (Å²) in [6, 6.07) is 15.1. The molecule has 0 aliphatic rings. The molecular weight excluding hydrogens is 445 g/mol. The van der Waals surface area contributed by atoms with Gasteiger partial charge in [0, 0.05) is 41.7 Å². The first kappa shape index (κ1) is 22.9. The van der Waals surface area contributed by atoms with Gasteiger partial charge >= 0.3 is 6.18 Å². The van der Waals surface area contributed by atoms with E-state index >= 15 is 0 Å². The molecule has 2 aromatic carbocycles. The number of alkyl halides is 3. The first-order valence-corrected chi connectivity index (χ1v) is 10.2. The minimum atomic E-state index is -4.60. The van der Waals surface area contributed by atoms with Crippen LogP contribution in [-0.4, -0.2) is 28.0 Å². The molecule has 0 bridgehead atoms. The monoisotopic (exact) mass is 464 g/mol. The van der Waals surface area contributed by atoms with Crippen molar-refractivity contribution in [1.82, 2.24) is 15.0 Å². The number of anilines is 1. The highest BCUT2D eigenvalue weighted by Gasteiger charge is 2.34. The third kappa shape index (κ3) is 5.20. The van der Waals surface area contributed by atoms with Gasteiger partial charge in [-0.1, -0.05) is 6.07 Å². The maximum atomic E-state index is 13.8. The predicted molar refractivity (Wildman–Crippen MR) is 120 cm³/mol. The molecule has 2 aromatic heterocycles. The summed E-state index contributed by atoms with van der Waals surface area (Å²) in [6.45, 7) is 0. The summed E-state index contributed by atoms with van der Waals surface area (Å²) in [5, 5.41) is 2.69. The van der Waals surface area contributed by atoms with Gasteiger partial charge in [0.05, 0.1) is 24.1 Å². The Morgan fingerprint density at radius 1 is 1.00 bits per heavy atom. The Bertz CT molecular complexity index is 1310. The smallest absolute Gasteiger partial charge is 0.416 e. The third-order valence-electron chi connectivity index (χ3n) is 5.11. The van der Waals surface area contributed by atoms with Gasteiger partial charge in [-0.3, -0.25) is 9.78 Å². The van der Waals surface area contributed by atoms with Crippen molar-refractivity contribution in [2.75, 3.05) is 12.4 Å². The van der Waals surface area contributed by atoms with E-state index in [0.717, 1.165) is 12.1 Å². The van der Waals surface area contributed by atoms with Gasteiger partial charge in [0.1, 0.15) is 12.1 Å². The second-order valence-electron chi connectivity index (χ2n) is 7.32. The standard InChI is InChI=1S/C25H19F3N4O2/c1-34-19-5-2-4-18(14-19)32-24(33)16-7-8-21(25(26,27)28)17(12-16)13-23-20(6-3-10-30-23)22-9-11-29-15-31-22/h2-12,14-15H,13H2,1H3,(H,32,33). The number of carbonyl (C=O) groups is 1. The van der Waals surface area contributed by atoms with E-state index < -0.39 is 17.6 Å². The summed E-state index contributed by atoms with van der Waals surface area (Å²) >= 11 is 0. The topological polar surface area (TPSA) is 77.0 Å². The lowest BCUT2D eigenvalue weighted by Gasteiger charge is -2.16. The normalized spacial score (nSPS) is 11.2. The Labute approximate surface area is 193 Å². The summed E-state index contributed by atoms with van der Waals surface area (Å²) in [5.41, 5.74) is 1.18. The average Bonchev–Trinajstić information content (AvgIpc) is 2.84. The van der Waals surface area contributed by atoms with E-state index in [1.54, 1.807) is 48.7 Å². The van der Waals surface area contributed by atoms with Crippen LogP contribution in [0.2, 0.25) is 0 Å². The number of carbonyl (C=O) groups excluding carboxylic acids is 1. The van der Waals surface area contributed by atoms with Gasteiger partial charge in [0.2, 0.25) is 0 Å². The number of aromatic nitrogens is 3. The van der Waals surface area contributed by atoms with Gasteiger partial charge < -0.3 is 10.1 Å². The molecular formula is C25H19F3N4O2. The molecule has 0 aliphatic heterocycles. The number of methoxy groups -OCH3 is 1. The van der Waals surface area contributed by atoms with Crippen LogP contribution in [0.1, 0.15) is 27.2 Å². The Kier molecular flexibility index (Phi) is 6.53. The van der Waals surface area contributed by atoms with Crippen molar-refractivity contribution in [3.05, 3.63) is 102 Å². The van der Waals surface area contributed by atoms with Crippen LogP contribution in [0.4, 0.5) is 18.9 Å². The largest absolute Gasteiger partial charge is 0.497 e. The highest BCUT2D eigenvalue weighted by molar-refractivity contribution is 6.04. The SMILES string of the molecule is COc1cccc(NC(=O)c2ccc(C(F)(F)F)c(Cc3ncccc3-c3ccncn3)c2)c1. The number of hydrogen-bond acceptors (Lipinski definition) is 5. The number of amides is 1. The van der Waals surface area contributed by atoms with Crippen molar-refractivity contribution < 1.29 is 22.7 Å². The fraction of sp³-hybridized carbons (Fsp3) is 0.120. The van der Waals surface area contributed by atoms with Crippen LogP contribution in [0.25, 0.3) is 11.3 Å². The lowest BCUT2D eigenvalue weighted by molar-refractivity contribution is -0.138. The van der Waals surface area contributed by atoms with Crippen molar-refractivity contribution in [1.29, 1.82) is 0 Å². The Morgan fingerprint density at radius 3 is 2.59 bits per heavy atom. The minimum Gasteiger partial charge on any atom is -0.497 e. The van der Waals surface area contributed by atoms with E-state index in [-0.39, 0.29) is 17.5 Å². The zero-order chi connectivity index (χ0) is 24.1. The van der Waals surface area contributed by atoms with E-state index in [0.29, 0.717) is 28.4 Å². The number of halogens is 3. The fourth-order valence-electron chi connectivity index (χ4n) is 3.50. The molecule has 4 rings (SSSR count). The second kappa shape index (κ2) is 9.70. The third-order valence-corrected chi connectivity index (χ3v) is 5.11. The van der Waals surface area contributed by atoms with Crippen LogP contribution in [-0.2, 0) is 12.6 Å². The fourth-order valence-corrected chi connectivity index (χ4v) is 3.50. The molecule has 0 unspecified atom stereocenters. The summed E-state index contributed by atoms with van der Waals surface area (Å²) in [5.74, 6) is -0.00131. The van der Waals surface area contributed by atoms with Crippen molar-refractivity contribution in [2.24, 2.45) is 0 Å². The van der Waals surface area contributed by atoms with Gasteiger partial charge in [0.25, 0.3) is 5.91 Å². The van der Waals surface area contributed by atoms with Crippen LogP contribution < -0.4 is 10.1 Å². The molecule has 0 saturated carbocycles. The van der Waals surface area contributed by atoms with Crippen LogP contribution in [0.5, 0.6) is 5.75 Å². The zero-order valence-electron chi connectivity index (χ0n) is 18.0. The van der Waals surface area contributed by atoms with E-state index in [2.05, 4.69) is 20.3 Å². The molecule has 172 valence electrons. The van der Waals surface area contributed by atoms with Crippen molar-refractivity contribution in [3.63, 3.8) is 0 Å². The molecule has 9 heteroatoms. The predicted octanol–water partition coefficient (Wildman–Crippen LogP) is 5.41. The quantitative estimate of drug-likeness (QED) is 0.413. The van der Waals surface area contributed by atoms with Crippen LogP contribution in [0.15, 0.2) is 79.4 Å². The van der Waals surface area contributed by atoms with Gasteiger partial charge in [-0.05, 0) is 54.1 Å². The Balaban J connectivity index is 1.70. The number of rotatable bonds is 6. The van der Waals surface area contributed by atoms with Crippen molar-refractivity contribution in [2.45, 2.75) is 12.6 Å². The minimum absolute atomic E-state index is 0.0696. The molecule has 1 amide bonds. The lowest BCUT2D eigenvalue weighted by Crippen LogP contribution is -2.15. The molecule has 0 spiro atoms. The maximum Gasteiger partial charge on any atom is 0.416 e. The van der Waals surface area contributed by atoms with Crippen molar-refractivity contribution in [3.8, 4) is 17.0 Å². The van der Waals surface area contributed by atoms with Gasteiger partial charge in [-0.15, -0.1) is 0 Å². The number of pyridine rings is 1. The van der Waals surface area contributed by atoms with Crippen molar-refractivity contribution >= 4 is 11.6 Å². The zero-order valence-corrected chi connectivity index (χ0v) is 18.0. The highest BCUT2D eigenvalue weighted by Crippen LogP contribution is 2.34. The first-order valence-electron chi connectivity index (χ1n) is 10.2. The summed E-state index contributed by atoms with van der Waals surface area (Å²) in [6.07, 6.45) is -0.330. The molecule has 2 heterocycles. The van der Waals surface area contributed by atoms with E-state index in [4.69, 9.17) is 4.74 Å². The number of nitrogens with zero attached hydrogens (tertiary/aromatic N) is 3. The number of hydrogen-bond donors (Lipinski definition) is 1. The Morgan fingerprint density at radius 2 is 1.85 bits per heavy atom. The number of benzene rings is 2. The molecule has 0 aliphatic carbocycles. The molecule has 0 atom stereocenters. The van der Waals surface area contributed by atoms with Gasteiger partial charge in [-0.2, -0.15) is 13.2 Å². The summed E-state index contributed by atoms with van der Waals surface area (Å²) in [4.78, 5) is 25.2. The van der Waals surface area contributed by atoms with Gasteiger partial charge in [0.15, 0.2) is 0 Å². The van der Waals surface area contributed by atoms with E-state index in [1.165, 1.54) is 25.7 Å². The van der Waals surface area contributed by atoms with Gasteiger partial charge in [-0.25, -0.2) is 9.97 Å². The second-order valence-corrected chi connectivity index (χ2v) is 7.32. The summed E-state index contributed by atoms with van der Waals surface area (Å²) < 4.78 is 46.5. The molecule has 0 fully saturated rings. The first-order chi connectivity index (χ1) is 16.3. The van der Waals surface area contributed by atoms with Crippen LogP contribution in [0, 0.1) is 0 Å². The lowest BCUT2D eigenvalue weighted by atomic mass is 9.96. The molecule has 1 N–H and O–H groups in total. The van der Waals surface area contributed by atoms with Crippen LogP contribution >= 0.6 is 0 Å². The summed E-state index contributed by atoms with van der Waals surface area (Å²) in [7, 11) is 1.50. The maximum absolute atomic E-state index is 13.8. The molecule has 34 heavy (non-hydrogen) atoms. The number of nitrogens with one attached hydrogen (secondary N) is 1.